The zero-order valence-electron chi connectivity index (χ0n) is 19.3. The minimum absolute atomic E-state index is 0.247. The number of aromatic nitrogens is 3. The van der Waals surface area contributed by atoms with Gasteiger partial charge in [-0.05, 0) is 61.7 Å². The summed E-state index contributed by atoms with van der Waals surface area (Å²) in [7, 11) is 0. The molecule has 0 N–H and O–H groups in total. The van der Waals surface area contributed by atoms with E-state index in [4.69, 9.17) is 0 Å². The topological polar surface area (TPSA) is 43.1 Å². The smallest absolute Gasteiger partial charge is 0.344 e. The molecule has 0 aliphatic carbocycles. The maximum atomic E-state index is 13.0. The molecule has 0 spiro atoms. The van der Waals surface area contributed by atoms with E-state index in [2.05, 4.69) is 33.5 Å². The average Bonchev–Trinajstić information content (AvgIpc) is 3.45. The second-order valence-corrected chi connectivity index (χ2v) is 9.30. The maximum Gasteiger partial charge on any atom is 0.433 e. The molecule has 0 bridgehead atoms. The first-order valence-corrected chi connectivity index (χ1v) is 12.0. The van der Waals surface area contributed by atoms with Crippen LogP contribution in [0.4, 0.5) is 13.2 Å². The highest BCUT2D eigenvalue weighted by Gasteiger charge is 2.35. The van der Waals surface area contributed by atoms with Gasteiger partial charge in [0.2, 0.25) is 0 Å². The second kappa shape index (κ2) is 8.09. The number of fused-ring (bicyclic) bond motifs is 5. The van der Waals surface area contributed by atoms with E-state index in [1.165, 1.54) is 41.6 Å². The maximum absolute atomic E-state index is 13.0. The van der Waals surface area contributed by atoms with Gasteiger partial charge >= 0.3 is 6.18 Å². The molecule has 0 saturated carbocycles. The number of halogens is 3. The van der Waals surface area contributed by atoms with Crippen molar-refractivity contribution in [2.24, 2.45) is 0 Å². The van der Waals surface area contributed by atoms with Gasteiger partial charge in [0.1, 0.15) is 5.69 Å². The molecule has 6 rings (SSSR count). The van der Waals surface area contributed by atoms with Gasteiger partial charge < -0.3 is 4.57 Å². The summed E-state index contributed by atoms with van der Waals surface area (Å²) in [5.74, 6) is 0. The molecular formula is C27H25F3N4O. The van der Waals surface area contributed by atoms with Crippen molar-refractivity contribution in [1.29, 1.82) is 0 Å². The van der Waals surface area contributed by atoms with Crippen LogP contribution in [0.3, 0.4) is 0 Å². The molecule has 1 aromatic carbocycles. The van der Waals surface area contributed by atoms with Crippen molar-refractivity contribution in [2.45, 2.75) is 44.9 Å². The molecule has 1 fully saturated rings. The third-order valence-electron chi connectivity index (χ3n) is 7.43. The summed E-state index contributed by atoms with van der Waals surface area (Å²) in [5, 5.41) is 1.27. The third-order valence-corrected chi connectivity index (χ3v) is 7.43. The molecular weight excluding hydrogens is 453 g/mol. The quantitative estimate of drug-likeness (QED) is 0.386. The summed E-state index contributed by atoms with van der Waals surface area (Å²) in [6.45, 7) is 5.29. The van der Waals surface area contributed by atoms with Gasteiger partial charge in [0.25, 0.3) is 5.56 Å². The summed E-state index contributed by atoms with van der Waals surface area (Å²) < 4.78 is 42.4. The fourth-order valence-electron chi connectivity index (χ4n) is 5.84. The Morgan fingerprint density at radius 1 is 1.06 bits per heavy atom. The van der Waals surface area contributed by atoms with Crippen LogP contribution in [0.2, 0.25) is 0 Å². The number of pyridine rings is 2. The van der Waals surface area contributed by atoms with E-state index in [-0.39, 0.29) is 5.56 Å². The van der Waals surface area contributed by atoms with Crippen LogP contribution in [-0.2, 0) is 19.1 Å². The summed E-state index contributed by atoms with van der Waals surface area (Å²) in [6.07, 6.45) is 1.80. The molecule has 3 aromatic heterocycles. The van der Waals surface area contributed by atoms with Gasteiger partial charge in [-0.25, -0.2) is 0 Å². The first-order chi connectivity index (χ1) is 16.8. The predicted molar refractivity (Wildman–Crippen MR) is 129 cm³/mol. The van der Waals surface area contributed by atoms with Gasteiger partial charge in [-0.2, -0.15) is 13.2 Å². The molecule has 1 saturated heterocycles. The van der Waals surface area contributed by atoms with Gasteiger partial charge in [0.05, 0.1) is 11.2 Å². The van der Waals surface area contributed by atoms with Crippen LogP contribution in [0.1, 0.15) is 42.8 Å². The van der Waals surface area contributed by atoms with Crippen LogP contribution >= 0.6 is 0 Å². The van der Waals surface area contributed by atoms with Crippen LogP contribution in [0.5, 0.6) is 0 Å². The highest BCUT2D eigenvalue weighted by molar-refractivity contribution is 5.88. The lowest BCUT2D eigenvalue weighted by Gasteiger charge is -2.30. The molecule has 8 heteroatoms. The zero-order chi connectivity index (χ0) is 24.3. The van der Waals surface area contributed by atoms with Crippen molar-refractivity contribution < 1.29 is 13.2 Å². The number of benzene rings is 1. The van der Waals surface area contributed by atoms with Crippen LogP contribution in [0, 0.1) is 0 Å². The Hall–Kier alpha value is -3.39. The van der Waals surface area contributed by atoms with Gasteiger partial charge in [0.15, 0.2) is 0 Å². The van der Waals surface area contributed by atoms with Crippen LogP contribution < -0.4 is 5.56 Å². The average molecular weight is 479 g/mol. The number of alkyl halides is 3. The standard InChI is InChI=1S/C27H25F3N4O/c1-2-33-22-10-12-32-11-3-4-21(32)26(22)20-7-6-19(15-23(20)33)34-13-9-17(14-25(34)35)18-5-8-24(31-16-18)27(28,29)30/h5-9,13-16,21H,2-4,10-12H2,1H3. The summed E-state index contributed by atoms with van der Waals surface area (Å²) in [5.41, 5.74) is 4.58. The van der Waals surface area contributed by atoms with Gasteiger partial charge in [0, 0.05) is 60.7 Å². The molecule has 35 heavy (non-hydrogen) atoms. The van der Waals surface area contributed by atoms with Gasteiger partial charge in [-0.3, -0.25) is 19.2 Å². The van der Waals surface area contributed by atoms with Crippen molar-refractivity contribution in [3.05, 3.63) is 82.2 Å². The van der Waals surface area contributed by atoms with E-state index in [0.29, 0.717) is 17.2 Å². The summed E-state index contributed by atoms with van der Waals surface area (Å²) >= 11 is 0. The Kier molecular flexibility index (Phi) is 5.11. The van der Waals surface area contributed by atoms with Crippen molar-refractivity contribution >= 4 is 10.9 Å². The Bertz CT molecular complexity index is 1480. The van der Waals surface area contributed by atoms with E-state index in [1.54, 1.807) is 16.8 Å². The molecule has 180 valence electrons. The number of hydrogen-bond donors (Lipinski definition) is 0. The zero-order valence-corrected chi connectivity index (χ0v) is 19.3. The largest absolute Gasteiger partial charge is 0.433 e. The lowest BCUT2D eigenvalue weighted by Crippen LogP contribution is -2.31. The van der Waals surface area contributed by atoms with E-state index < -0.39 is 11.9 Å². The van der Waals surface area contributed by atoms with E-state index in [0.717, 1.165) is 49.5 Å². The minimum atomic E-state index is -4.49. The fraction of sp³-hybridized carbons (Fsp3) is 0.333. The normalized spacial score (nSPS) is 18.1. The highest BCUT2D eigenvalue weighted by atomic mass is 19.4. The molecule has 1 unspecified atom stereocenters. The van der Waals surface area contributed by atoms with Crippen molar-refractivity contribution in [3.8, 4) is 16.8 Å². The van der Waals surface area contributed by atoms with E-state index in [1.807, 2.05) is 6.07 Å². The Morgan fingerprint density at radius 2 is 1.91 bits per heavy atom. The van der Waals surface area contributed by atoms with E-state index in [9.17, 15) is 18.0 Å². The molecule has 0 radical (unpaired) electrons. The monoisotopic (exact) mass is 478 g/mol. The molecule has 2 aliphatic heterocycles. The predicted octanol–water partition coefficient (Wildman–Crippen LogP) is 5.59. The van der Waals surface area contributed by atoms with Crippen LogP contribution in [0.25, 0.3) is 27.7 Å². The Morgan fingerprint density at radius 3 is 2.63 bits per heavy atom. The Labute approximate surface area is 200 Å². The lowest BCUT2D eigenvalue weighted by molar-refractivity contribution is -0.141. The Balaban J connectivity index is 1.39. The molecule has 5 nitrogen and oxygen atoms in total. The second-order valence-electron chi connectivity index (χ2n) is 9.30. The highest BCUT2D eigenvalue weighted by Crippen LogP contribution is 2.43. The third kappa shape index (κ3) is 3.58. The van der Waals surface area contributed by atoms with E-state index >= 15 is 0 Å². The van der Waals surface area contributed by atoms with Crippen molar-refractivity contribution in [2.75, 3.05) is 13.1 Å². The summed E-state index contributed by atoms with van der Waals surface area (Å²) in [6, 6.07) is 12.1. The van der Waals surface area contributed by atoms with Crippen molar-refractivity contribution in [3.63, 3.8) is 0 Å². The van der Waals surface area contributed by atoms with Crippen molar-refractivity contribution in [1.82, 2.24) is 19.0 Å². The SMILES string of the molecule is CCn1c2c(c3ccc(-n4ccc(-c5ccc(C(F)(F)F)nc5)cc4=O)cc31)C1CCCN1CC2. The fourth-order valence-corrected chi connectivity index (χ4v) is 5.84. The number of hydrogen-bond acceptors (Lipinski definition) is 3. The molecule has 1 atom stereocenters. The summed E-state index contributed by atoms with van der Waals surface area (Å²) in [4.78, 5) is 19.1. The first-order valence-electron chi connectivity index (χ1n) is 12.0. The number of rotatable bonds is 3. The van der Waals surface area contributed by atoms with Gasteiger partial charge in [-0.1, -0.05) is 12.1 Å². The number of nitrogens with zero attached hydrogens (tertiary/aromatic N) is 4. The van der Waals surface area contributed by atoms with Crippen LogP contribution in [0.15, 0.2) is 59.7 Å². The molecule has 4 aromatic rings. The minimum Gasteiger partial charge on any atom is -0.344 e. The molecule has 0 amide bonds. The van der Waals surface area contributed by atoms with Gasteiger partial charge in [-0.15, -0.1) is 0 Å². The molecule has 5 heterocycles. The first kappa shape index (κ1) is 22.1. The molecule has 2 aliphatic rings. The number of aryl methyl sites for hydroxylation is 1. The van der Waals surface area contributed by atoms with Crippen LogP contribution in [-0.4, -0.2) is 32.1 Å². The lowest BCUT2D eigenvalue weighted by atomic mass is 9.96.